The van der Waals surface area contributed by atoms with Crippen molar-refractivity contribution in [3.05, 3.63) is 65.2 Å². The number of nitrogens with one attached hydrogen (secondary N) is 1. The van der Waals surface area contributed by atoms with E-state index in [1.807, 2.05) is 0 Å². The summed E-state index contributed by atoms with van der Waals surface area (Å²) in [5, 5.41) is 2.77. The Bertz CT molecular complexity index is 614. The predicted octanol–water partition coefficient (Wildman–Crippen LogP) is 2.68. The quantitative estimate of drug-likeness (QED) is 0.890. The van der Waals surface area contributed by atoms with E-state index in [9.17, 15) is 13.6 Å². The molecule has 2 rings (SSSR count). The van der Waals surface area contributed by atoms with Gasteiger partial charge in [-0.3, -0.25) is 4.79 Å². The van der Waals surface area contributed by atoms with Crippen molar-refractivity contribution >= 4 is 11.6 Å². The molecule has 1 amide bonds. The van der Waals surface area contributed by atoms with Gasteiger partial charge in [0.2, 0.25) is 5.91 Å². The van der Waals surface area contributed by atoms with Gasteiger partial charge < -0.3 is 11.1 Å². The van der Waals surface area contributed by atoms with Gasteiger partial charge in [0.1, 0.15) is 11.6 Å². The Balaban J connectivity index is 2.12. The molecule has 0 radical (unpaired) electrons. The Labute approximate surface area is 109 Å². The molecule has 5 heteroatoms. The molecule has 0 saturated heterocycles. The number of hydrogen-bond acceptors (Lipinski definition) is 2. The summed E-state index contributed by atoms with van der Waals surface area (Å²) in [7, 11) is 0. The maximum absolute atomic E-state index is 13.4. The van der Waals surface area contributed by atoms with E-state index < -0.39 is 17.5 Å². The first-order valence-corrected chi connectivity index (χ1v) is 5.64. The van der Waals surface area contributed by atoms with E-state index in [-0.39, 0.29) is 12.2 Å². The molecule has 3 nitrogen and oxygen atoms in total. The monoisotopic (exact) mass is 262 g/mol. The lowest BCUT2D eigenvalue weighted by atomic mass is 10.1. The van der Waals surface area contributed by atoms with Crippen molar-refractivity contribution in [3.8, 4) is 0 Å². The second kappa shape index (κ2) is 5.48. The van der Waals surface area contributed by atoms with E-state index in [0.717, 1.165) is 23.8 Å². The smallest absolute Gasteiger partial charge is 0.248 e. The summed E-state index contributed by atoms with van der Waals surface area (Å²) in [5.41, 5.74) is 6.36. The van der Waals surface area contributed by atoms with Crippen molar-refractivity contribution in [1.82, 2.24) is 0 Å². The molecular weight excluding hydrogens is 250 g/mol. The van der Waals surface area contributed by atoms with Crippen LogP contribution in [0.1, 0.15) is 15.9 Å². The highest BCUT2D eigenvalue weighted by atomic mass is 19.1. The van der Waals surface area contributed by atoms with Crippen LogP contribution in [0.5, 0.6) is 0 Å². The first-order valence-electron chi connectivity index (χ1n) is 5.64. The highest BCUT2D eigenvalue weighted by molar-refractivity contribution is 5.92. The molecule has 0 bridgehead atoms. The molecule has 19 heavy (non-hydrogen) atoms. The Kier molecular flexibility index (Phi) is 3.75. The zero-order chi connectivity index (χ0) is 13.8. The van der Waals surface area contributed by atoms with Gasteiger partial charge >= 0.3 is 0 Å². The molecule has 3 N–H and O–H groups in total. The summed E-state index contributed by atoms with van der Waals surface area (Å²) in [6.07, 6.45) is 0. The molecule has 0 atom stereocenters. The van der Waals surface area contributed by atoms with Gasteiger partial charge in [0.15, 0.2) is 0 Å². The molecule has 0 fully saturated rings. The molecule has 2 aromatic rings. The number of nitrogens with two attached hydrogens (primary N) is 1. The summed E-state index contributed by atoms with van der Waals surface area (Å²) < 4.78 is 26.4. The van der Waals surface area contributed by atoms with Crippen molar-refractivity contribution < 1.29 is 13.6 Å². The molecule has 0 unspecified atom stereocenters. The topological polar surface area (TPSA) is 55.1 Å². The van der Waals surface area contributed by atoms with E-state index in [0.29, 0.717) is 5.56 Å². The third kappa shape index (κ3) is 3.28. The lowest BCUT2D eigenvalue weighted by molar-refractivity contribution is 0.1000. The van der Waals surface area contributed by atoms with E-state index >= 15 is 0 Å². The van der Waals surface area contributed by atoms with Gasteiger partial charge in [-0.15, -0.1) is 0 Å². The minimum Gasteiger partial charge on any atom is -0.379 e. The van der Waals surface area contributed by atoms with Crippen LogP contribution in [0.2, 0.25) is 0 Å². The van der Waals surface area contributed by atoms with Gasteiger partial charge in [0.25, 0.3) is 0 Å². The number of primary amides is 1. The average molecular weight is 262 g/mol. The summed E-state index contributed by atoms with van der Waals surface area (Å²) in [6.45, 7) is 0.265. The van der Waals surface area contributed by atoms with Crippen LogP contribution in [0, 0.1) is 11.6 Å². The van der Waals surface area contributed by atoms with Crippen LogP contribution in [-0.2, 0) is 6.54 Å². The van der Waals surface area contributed by atoms with Crippen LogP contribution in [0.3, 0.4) is 0 Å². The number of benzene rings is 2. The standard InChI is InChI=1S/C14H12F2N2O/c15-11-4-5-12(16)13(7-11)18-8-9-2-1-3-10(6-9)14(17)19/h1-7,18H,8H2,(H2,17,19). The number of halogens is 2. The summed E-state index contributed by atoms with van der Waals surface area (Å²) in [4.78, 5) is 11.0. The molecule has 0 heterocycles. The van der Waals surface area contributed by atoms with E-state index in [1.54, 1.807) is 24.3 Å². The maximum atomic E-state index is 13.4. The Morgan fingerprint density at radius 3 is 2.68 bits per heavy atom. The average Bonchev–Trinajstić information content (AvgIpc) is 2.40. The van der Waals surface area contributed by atoms with Gasteiger partial charge in [0.05, 0.1) is 5.69 Å². The van der Waals surface area contributed by atoms with Gasteiger partial charge in [0, 0.05) is 12.1 Å². The molecule has 2 aromatic carbocycles. The Morgan fingerprint density at radius 1 is 1.16 bits per heavy atom. The molecule has 0 aliphatic carbocycles. The van der Waals surface area contributed by atoms with Crippen molar-refractivity contribution in [2.75, 3.05) is 5.32 Å². The summed E-state index contributed by atoms with van der Waals surface area (Å²) >= 11 is 0. The zero-order valence-electron chi connectivity index (χ0n) is 9.99. The number of rotatable bonds is 4. The van der Waals surface area contributed by atoms with Crippen molar-refractivity contribution in [1.29, 1.82) is 0 Å². The summed E-state index contributed by atoms with van der Waals surface area (Å²) in [6, 6.07) is 9.82. The van der Waals surface area contributed by atoms with E-state index in [1.165, 1.54) is 0 Å². The molecule has 0 aromatic heterocycles. The Morgan fingerprint density at radius 2 is 1.95 bits per heavy atom. The number of amides is 1. The molecular formula is C14H12F2N2O. The Hall–Kier alpha value is -2.43. The number of carbonyl (C=O) groups is 1. The zero-order valence-corrected chi connectivity index (χ0v) is 9.99. The molecule has 98 valence electrons. The first-order chi connectivity index (χ1) is 9.06. The third-order valence-corrected chi connectivity index (χ3v) is 2.62. The van der Waals surface area contributed by atoms with E-state index in [2.05, 4.69) is 5.32 Å². The molecule has 0 aliphatic heterocycles. The van der Waals surface area contributed by atoms with Gasteiger partial charge in [-0.1, -0.05) is 12.1 Å². The molecule has 0 aliphatic rings. The fourth-order valence-electron chi connectivity index (χ4n) is 1.66. The SMILES string of the molecule is NC(=O)c1cccc(CNc2cc(F)ccc2F)c1. The largest absolute Gasteiger partial charge is 0.379 e. The van der Waals surface area contributed by atoms with Crippen LogP contribution in [0.15, 0.2) is 42.5 Å². The van der Waals surface area contributed by atoms with Crippen molar-refractivity contribution in [2.24, 2.45) is 5.73 Å². The van der Waals surface area contributed by atoms with Crippen molar-refractivity contribution in [3.63, 3.8) is 0 Å². The fourth-order valence-corrected chi connectivity index (χ4v) is 1.66. The van der Waals surface area contributed by atoms with Gasteiger partial charge in [-0.25, -0.2) is 8.78 Å². The molecule has 0 saturated carbocycles. The van der Waals surface area contributed by atoms with Gasteiger partial charge in [-0.2, -0.15) is 0 Å². The lowest BCUT2D eigenvalue weighted by Crippen LogP contribution is -2.11. The van der Waals surface area contributed by atoms with Crippen LogP contribution in [0.25, 0.3) is 0 Å². The number of carbonyl (C=O) groups excluding carboxylic acids is 1. The van der Waals surface area contributed by atoms with Crippen LogP contribution in [0.4, 0.5) is 14.5 Å². The van der Waals surface area contributed by atoms with Crippen molar-refractivity contribution in [2.45, 2.75) is 6.54 Å². The second-order valence-corrected chi connectivity index (χ2v) is 4.04. The van der Waals surface area contributed by atoms with E-state index in [4.69, 9.17) is 5.73 Å². The van der Waals surface area contributed by atoms with Crippen LogP contribution < -0.4 is 11.1 Å². The summed E-state index contributed by atoms with van der Waals surface area (Å²) in [5.74, 6) is -1.58. The third-order valence-electron chi connectivity index (χ3n) is 2.62. The van der Waals surface area contributed by atoms with Crippen LogP contribution >= 0.6 is 0 Å². The lowest BCUT2D eigenvalue weighted by Gasteiger charge is -2.08. The minimum atomic E-state index is -0.535. The van der Waals surface area contributed by atoms with Crippen LogP contribution in [-0.4, -0.2) is 5.91 Å². The highest BCUT2D eigenvalue weighted by Crippen LogP contribution is 2.16. The fraction of sp³-hybridized carbons (Fsp3) is 0.0714. The number of anilines is 1. The highest BCUT2D eigenvalue weighted by Gasteiger charge is 2.05. The maximum Gasteiger partial charge on any atom is 0.248 e. The first kappa shape index (κ1) is 13.0. The minimum absolute atomic E-state index is 0.0736. The number of hydrogen-bond donors (Lipinski definition) is 2. The predicted molar refractivity (Wildman–Crippen MR) is 68.6 cm³/mol. The second-order valence-electron chi connectivity index (χ2n) is 4.04. The normalized spacial score (nSPS) is 10.2. The molecule has 0 spiro atoms. The van der Waals surface area contributed by atoms with Gasteiger partial charge in [-0.05, 0) is 35.9 Å².